The third-order valence-electron chi connectivity index (χ3n) is 1.74. The Bertz CT molecular complexity index is 408. The van der Waals surface area contributed by atoms with Gasteiger partial charge in [0.05, 0.1) is 17.6 Å². The fraction of sp³-hybridized carbons (Fsp3) is 0. The van der Waals surface area contributed by atoms with Gasteiger partial charge in [0, 0.05) is 0 Å². The van der Waals surface area contributed by atoms with E-state index in [4.69, 9.17) is 5.73 Å². The van der Waals surface area contributed by atoms with Gasteiger partial charge in [0.15, 0.2) is 0 Å². The minimum atomic E-state index is 0.642. The van der Waals surface area contributed by atoms with Crippen molar-refractivity contribution >= 4 is 21.6 Å². The fourth-order valence-electron chi connectivity index (χ4n) is 1.10. The Hall–Kier alpha value is -1.29. The number of hydrogen-bond acceptors (Lipinski definition) is 2. The molecule has 0 amide bonds. The summed E-state index contributed by atoms with van der Waals surface area (Å²) < 4.78 is 2.54. The van der Waals surface area contributed by atoms with Gasteiger partial charge in [-0.15, -0.1) is 0 Å². The maximum Gasteiger partial charge on any atom is 0.132 e. The number of anilines is 1. The molecule has 2 aromatic rings. The van der Waals surface area contributed by atoms with Crippen molar-refractivity contribution in [3.8, 4) is 5.69 Å². The first-order valence-corrected chi connectivity index (χ1v) is 4.63. The molecule has 0 aliphatic carbocycles. The zero-order valence-corrected chi connectivity index (χ0v) is 8.40. The second-order valence-electron chi connectivity index (χ2n) is 2.64. The van der Waals surface area contributed by atoms with Crippen LogP contribution < -0.4 is 5.73 Å². The molecule has 0 saturated heterocycles. The Labute approximate surface area is 84.3 Å². The third kappa shape index (κ3) is 1.45. The number of hydrogen-bond donors (Lipinski definition) is 1. The van der Waals surface area contributed by atoms with Gasteiger partial charge in [0.1, 0.15) is 4.60 Å². The van der Waals surface area contributed by atoms with Gasteiger partial charge in [-0.05, 0) is 28.1 Å². The Balaban J connectivity index is 2.53. The summed E-state index contributed by atoms with van der Waals surface area (Å²) in [7, 11) is 0. The first-order chi connectivity index (χ1) is 6.29. The van der Waals surface area contributed by atoms with Crippen LogP contribution in [0.4, 0.5) is 5.69 Å². The molecular formula is C9H8BrN3. The molecule has 2 N–H and O–H groups in total. The summed E-state index contributed by atoms with van der Waals surface area (Å²) >= 11 is 3.36. The molecule has 66 valence electrons. The lowest BCUT2D eigenvalue weighted by Gasteiger charge is -2.01. The lowest BCUT2D eigenvalue weighted by molar-refractivity contribution is 0.861. The van der Waals surface area contributed by atoms with Crippen molar-refractivity contribution in [2.75, 3.05) is 5.73 Å². The molecule has 1 aromatic heterocycles. The van der Waals surface area contributed by atoms with Gasteiger partial charge < -0.3 is 5.73 Å². The number of para-hydroxylation sites is 1. The second kappa shape index (κ2) is 3.22. The molecule has 0 unspecified atom stereocenters. The third-order valence-corrected chi connectivity index (χ3v) is 2.53. The Kier molecular flexibility index (Phi) is 2.06. The van der Waals surface area contributed by atoms with Crippen LogP contribution in [0.25, 0.3) is 5.69 Å². The van der Waals surface area contributed by atoms with Gasteiger partial charge in [0.2, 0.25) is 0 Å². The van der Waals surface area contributed by atoms with Gasteiger partial charge in [-0.1, -0.05) is 18.2 Å². The van der Waals surface area contributed by atoms with E-state index in [2.05, 4.69) is 21.0 Å². The maximum absolute atomic E-state index is 5.65. The van der Waals surface area contributed by atoms with E-state index in [1.54, 1.807) is 10.9 Å². The predicted molar refractivity (Wildman–Crippen MR) is 55.7 cm³/mol. The molecule has 4 heteroatoms. The Morgan fingerprint density at radius 3 is 2.46 bits per heavy atom. The van der Waals surface area contributed by atoms with E-state index in [0.29, 0.717) is 5.69 Å². The van der Waals surface area contributed by atoms with E-state index >= 15 is 0 Å². The smallest absolute Gasteiger partial charge is 0.132 e. The van der Waals surface area contributed by atoms with E-state index in [-0.39, 0.29) is 0 Å². The van der Waals surface area contributed by atoms with Crippen LogP contribution in [0, 0.1) is 0 Å². The topological polar surface area (TPSA) is 43.8 Å². The molecule has 0 radical (unpaired) electrons. The van der Waals surface area contributed by atoms with Crippen molar-refractivity contribution in [1.82, 2.24) is 9.78 Å². The zero-order valence-electron chi connectivity index (χ0n) is 6.81. The van der Waals surface area contributed by atoms with Crippen LogP contribution in [0.3, 0.4) is 0 Å². The average Bonchev–Trinajstić information content (AvgIpc) is 2.49. The number of aromatic nitrogens is 2. The van der Waals surface area contributed by atoms with Crippen LogP contribution in [-0.4, -0.2) is 9.78 Å². The highest BCUT2D eigenvalue weighted by Crippen LogP contribution is 2.21. The number of halogens is 1. The molecule has 13 heavy (non-hydrogen) atoms. The first kappa shape index (κ1) is 8.31. The molecule has 1 aromatic carbocycles. The first-order valence-electron chi connectivity index (χ1n) is 3.83. The average molecular weight is 238 g/mol. The molecule has 0 bridgehead atoms. The molecule has 0 spiro atoms. The van der Waals surface area contributed by atoms with Crippen LogP contribution >= 0.6 is 15.9 Å². The lowest BCUT2D eigenvalue weighted by Crippen LogP contribution is -1.95. The highest BCUT2D eigenvalue weighted by Gasteiger charge is 2.05. The van der Waals surface area contributed by atoms with E-state index in [1.807, 2.05) is 30.3 Å². The maximum atomic E-state index is 5.65. The Morgan fingerprint density at radius 2 is 1.92 bits per heavy atom. The summed E-state index contributed by atoms with van der Waals surface area (Å²) in [6.07, 6.45) is 1.62. The highest BCUT2D eigenvalue weighted by atomic mass is 79.9. The van der Waals surface area contributed by atoms with E-state index < -0.39 is 0 Å². The van der Waals surface area contributed by atoms with Crippen molar-refractivity contribution in [3.05, 3.63) is 41.1 Å². The van der Waals surface area contributed by atoms with Gasteiger partial charge >= 0.3 is 0 Å². The molecule has 3 nitrogen and oxygen atoms in total. The van der Waals surface area contributed by atoms with Crippen LogP contribution in [-0.2, 0) is 0 Å². The summed E-state index contributed by atoms with van der Waals surface area (Å²) in [5, 5.41) is 4.13. The minimum absolute atomic E-state index is 0.642. The number of rotatable bonds is 1. The number of nitrogen functional groups attached to an aromatic ring is 1. The standard InChI is InChI=1S/C9H8BrN3/c10-9-8(11)6-12-13(9)7-4-2-1-3-5-7/h1-6H,11H2. The van der Waals surface area contributed by atoms with Gasteiger partial charge in [-0.25, -0.2) is 4.68 Å². The predicted octanol–water partition coefficient (Wildman–Crippen LogP) is 2.22. The molecule has 1 heterocycles. The molecule has 0 saturated carbocycles. The van der Waals surface area contributed by atoms with Crippen molar-refractivity contribution in [3.63, 3.8) is 0 Å². The quantitative estimate of drug-likeness (QED) is 0.827. The molecule has 0 aliphatic heterocycles. The van der Waals surface area contributed by atoms with E-state index in [9.17, 15) is 0 Å². The van der Waals surface area contributed by atoms with Crippen LogP contribution in [0.1, 0.15) is 0 Å². The van der Waals surface area contributed by atoms with Gasteiger partial charge in [-0.2, -0.15) is 5.10 Å². The molecule has 0 atom stereocenters. The molecular weight excluding hydrogens is 230 g/mol. The number of nitrogens with two attached hydrogens (primary N) is 1. The van der Waals surface area contributed by atoms with Gasteiger partial charge in [0.25, 0.3) is 0 Å². The summed E-state index contributed by atoms with van der Waals surface area (Å²) in [5.41, 5.74) is 7.28. The zero-order chi connectivity index (χ0) is 9.26. The summed E-state index contributed by atoms with van der Waals surface area (Å²) in [6.45, 7) is 0. The monoisotopic (exact) mass is 237 g/mol. The second-order valence-corrected chi connectivity index (χ2v) is 3.39. The molecule has 0 aliphatic rings. The van der Waals surface area contributed by atoms with Crippen molar-refractivity contribution in [2.24, 2.45) is 0 Å². The highest BCUT2D eigenvalue weighted by molar-refractivity contribution is 9.10. The van der Waals surface area contributed by atoms with Crippen LogP contribution in [0.5, 0.6) is 0 Å². The number of nitrogens with zero attached hydrogens (tertiary/aromatic N) is 2. The lowest BCUT2D eigenvalue weighted by atomic mass is 10.3. The Morgan fingerprint density at radius 1 is 1.23 bits per heavy atom. The van der Waals surface area contributed by atoms with Crippen molar-refractivity contribution in [1.29, 1.82) is 0 Å². The largest absolute Gasteiger partial charge is 0.395 e. The van der Waals surface area contributed by atoms with E-state index in [1.165, 1.54) is 0 Å². The summed E-state index contributed by atoms with van der Waals surface area (Å²) in [4.78, 5) is 0. The normalized spacial score (nSPS) is 10.2. The minimum Gasteiger partial charge on any atom is -0.395 e. The fourth-order valence-corrected chi connectivity index (χ4v) is 1.49. The van der Waals surface area contributed by atoms with Crippen molar-refractivity contribution < 1.29 is 0 Å². The van der Waals surface area contributed by atoms with Crippen molar-refractivity contribution in [2.45, 2.75) is 0 Å². The summed E-state index contributed by atoms with van der Waals surface area (Å²) in [5.74, 6) is 0. The number of benzene rings is 1. The van der Waals surface area contributed by atoms with Gasteiger partial charge in [-0.3, -0.25) is 0 Å². The SMILES string of the molecule is Nc1cnn(-c2ccccc2)c1Br. The molecule has 0 fully saturated rings. The summed E-state index contributed by atoms with van der Waals surface area (Å²) in [6, 6.07) is 9.82. The molecule has 2 rings (SSSR count). The van der Waals surface area contributed by atoms with Crippen LogP contribution in [0.15, 0.2) is 41.1 Å². The van der Waals surface area contributed by atoms with Crippen LogP contribution in [0.2, 0.25) is 0 Å². The van der Waals surface area contributed by atoms with E-state index in [0.717, 1.165) is 10.3 Å².